The summed E-state index contributed by atoms with van der Waals surface area (Å²) in [6.45, 7) is 3.94. The van der Waals surface area contributed by atoms with Crippen LogP contribution in [0.15, 0.2) is 42.5 Å². The molecule has 0 spiro atoms. The van der Waals surface area contributed by atoms with Gasteiger partial charge in [0.05, 0.1) is 0 Å². The second-order valence-electron chi connectivity index (χ2n) is 6.08. The molecule has 0 radical (unpaired) electrons. The number of hydrogen-bond acceptors (Lipinski definition) is 5. The van der Waals surface area contributed by atoms with Gasteiger partial charge in [0, 0.05) is 16.3 Å². The highest BCUT2D eigenvalue weighted by Gasteiger charge is 2.10. The quantitative estimate of drug-likeness (QED) is 0.445. The summed E-state index contributed by atoms with van der Waals surface area (Å²) in [6, 6.07) is 12.9. The molecule has 2 aromatic carbocycles. The second kappa shape index (κ2) is 8.77. The fraction of sp³-hybridized carbons (Fsp3) is 0.167. The number of thiocarbonyl (C=S) groups is 1. The standard InChI is InChI=1S/C18H18ClN7OS/c1-11-3-8-15(9-12(11)2)20-18(28)23-21-16(27)10-26-24-17(22-25-26)13-4-6-14(19)7-5-13/h3-9H,10H2,1-2H3,(H,21,27)(H2,20,23,28). The molecule has 3 aromatic rings. The highest BCUT2D eigenvalue weighted by molar-refractivity contribution is 7.80. The largest absolute Gasteiger partial charge is 0.331 e. The molecule has 28 heavy (non-hydrogen) atoms. The van der Waals surface area contributed by atoms with Crippen LogP contribution in [0.25, 0.3) is 11.4 Å². The van der Waals surface area contributed by atoms with E-state index >= 15 is 0 Å². The van der Waals surface area contributed by atoms with Crippen molar-refractivity contribution in [2.75, 3.05) is 5.32 Å². The summed E-state index contributed by atoms with van der Waals surface area (Å²) in [6.07, 6.45) is 0. The van der Waals surface area contributed by atoms with Crippen LogP contribution >= 0.6 is 23.8 Å². The SMILES string of the molecule is Cc1ccc(NC(=S)NNC(=O)Cn2nnc(-c3ccc(Cl)cc3)n2)cc1C. The van der Waals surface area contributed by atoms with E-state index in [0.29, 0.717) is 10.8 Å². The van der Waals surface area contributed by atoms with E-state index in [1.807, 2.05) is 32.0 Å². The molecule has 1 heterocycles. The molecule has 0 saturated heterocycles. The van der Waals surface area contributed by atoms with E-state index in [4.69, 9.17) is 23.8 Å². The van der Waals surface area contributed by atoms with Gasteiger partial charge in [-0.3, -0.25) is 15.6 Å². The van der Waals surface area contributed by atoms with Crippen LogP contribution < -0.4 is 16.2 Å². The number of aromatic nitrogens is 4. The third kappa shape index (κ3) is 5.24. The number of nitrogens with one attached hydrogen (secondary N) is 3. The predicted octanol–water partition coefficient (Wildman–Crippen LogP) is 2.63. The Hall–Kier alpha value is -3.04. The number of rotatable bonds is 4. The van der Waals surface area contributed by atoms with Crippen LogP contribution in [-0.2, 0) is 11.3 Å². The molecule has 144 valence electrons. The lowest BCUT2D eigenvalue weighted by Gasteiger charge is -2.12. The second-order valence-corrected chi connectivity index (χ2v) is 6.92. The third-order valence-electron chi connectivity index (χ3n) is 3.92. The fourth-order valence-electron chi connectivity index (χ4n) is 2.30. The van der Waals surface area contributed by atoms with Crippen LogP contribution in [0.1, 0.15) is 11.1 Å². The van der Waals surface area contributed by atoms with E-state index in [0.717, 1.165) is 16.8 Å². The number of hydrazine groups is 1. The van der Waals surface area contributed by atoms with E-state index in [9.17, 15) is 4.79 Å². The molecule has 1 amide bonds. The lowest BCUT2D eigenvalue weighted by molar-refractivity contribution is -0.122. The minimum Gasteiger partial charge on any atom is -0.331 e. The molecule has 0 unspecified atom stereocenters. The number of benzene rings is 2. The molecule has 10 heteroatoms. The summed E-state index contributed by atoms with van der Waals surface area (Å²) < 4.78 is 0. The average molecular weight is 416 g/mol. The molecule has 0 aliphatic rings. The molecule has 0 bridgehead atoms. The average Bonchev–Trinajstić information content (AvgIpc) is 3.12. The third-order valence-corrected chi connectivity index (χ3v) is 4.38. The van der Waals surface area contributed by atoms with Crippen molar-refractivity contribution in [3.05, 3.63) is 58.6 Å². The zero-order chi connectivity index (χ0) is 20.1. The number of amides is 1. The maximum absolute atomic E-state index is 12.1. The van der Waals surface area contributed by atoms with Crippen molar-refractivity contribution in [1.82, 2.24) is 31.1 Å². The summed E-state index contributed by atoms with van der Waals surface area (Å²) >= 11 is 11.0. The van der Waals surface area contributed by atoms with Gasteiger partial charge in [0.15, 0.2) is 5.11 Å². The van der Waals surface area contributed by atoms with Crippen LogP contribution in [0.3, 0.4) is 0 Å². The Kier molecular flexibility index (Phi) is 6.17. The van der Waals surface area contributed by atoms with Gasteiger partial charge in [-0.05, 0) is 78.8 Å². The number of tetrazole rings is 1. The van der Waals surface area contributed by atoms with E-state index in [1.54, 1.807) is 24.3 Å². The zero-order valence-corrected chi connectivity index (χ0v) is 16.8. The molecule has 3 rings (SSSR count). The molecule has 0 saturated carbocycles. The first-order chi connectivity index (χ1) is 13.4. The maximum Gasteiger partial charge on any atom is 0.262 e. The van der Waals surface area contributed by atoms with Crippen LogP contribution in [0.5, 0.6) is 0 Å². The van der Waals surface area contributed by atoms with Gasteiger partial charge >= 0.3 is 0 Å². The molecule has 0 atom stereocenters. The normalized spacial score (nSPS) is 10.4. The number of aryl methyl sites for hydroxylation is 2. The number of halogens is 1. The number of carbonyl (C=O) groups excluding carboxylic acids is 1. The molecule has 0 fully saturated rings. The summed E-state index contributed by atoms with van der Waals surface area (Å²) in [5.41, 5.74) is 9.07. The summed E-state index contributed by atoms with van der Waals surface area (Å²) in [5, 5.41) is 15.9. The van der Waals surface area contributed by atoms with Crippen LogP contribution in [0.4, 0.5) is 5.69 Å². The Balaban J connectivity index is 1.49. The van der Waals surface area contributed by atoms with E-state index < -0.39 is 0 Å². The van der Waals surface area contributed by atoms with Gasteiger partial charge in [-0.2, -0.15) is 4.80 Å². The molecule has 1 aromatic heterocycles. The van der Waals surface area contributed by atoms with Gasteiger partial charge in [0.2, 0.25) is 5.82 Å². The molecule has 0 aliphatic heterocycles. The Labute approximate surface area is 172 Å². The smallest absolute Gasteiger partial charge is 0.262 e. The monoisotopic (exact) mass is 415 g/mol. The van der Waals surface area contributed by atoms with Gasteiger partial charge in [0.1, 0.15) is 6.54 Å². The Morgan fingerprint density at radius 1 is 1.11 bits per heavy atom. The Bertz CT molecular complexity index is 1000. The van der Waals surface area contributed by atoms with Crippen LogP contribution in [0, 0.1) is 13.8 Å². The Morgan fingerprint density at radius 3 is 2.57 bits per heavy atom. The van der Waals surface area contributed by atoms with Gasteiger partial charge in [0.25, 0.3) is 5.91 Å². The number of hydrogen-bond donors (Lipinski definition) is 3. The number of carbonyl (C=O) groups is 1. The van der Waals surface area contributed by atoms with Crippen molar-refractivity contribution in [3.63, 3.8) is 0 Å². The molecular weight excluding hydrogens is 398 g/mol. The topological polar surface area (TPSA) is 96.8 Å². The molecule has 3 N–H and O–H groups in total. The highest BCUT2D eigenvalue weighted by atomic mass is 35.5. The first-order valence-electron chi connectivity index (χ1n) is 8.37. The van der Waals surface area contributed by atoms with Crippen molar-refractivity contribution >= 4 is 40.5 Å². The maximum atomic E-state index is 12.1. The molecular formula is C18H18ClN7OS. The van der Waals surface area contributed by atoms with E-state index in [1.165, 1.54) is 10.4 Å². The van der Waals surface area contributed by atoms with Crippen molar-refractivity contribution in [2.24, 2.45) is 0 Å². The summed E-state index contributed by atoms with van der Waals surface area (Å²) in [4.78, 5) is 13.2. The minimum atomic E-state index is -0.371. The van der Waals surface area contributed by atoms with Crippen molar-refractivity contribution in [1.29, 1.82) is 0 Å². The van der Waals surface area contributed by atoms with Crippen molar-refractivity contribution < 1.29 is 4.79 Å². The lowest BCUT2D eigenvalue weighted by atomic mass is 10.1. The first kappa shape index (κ1) is 19.7. The van der Waals surface area contributed by atoms with E-state index in [-0.39, 0.29) is 17.6 Å². The first-order valence-corrected chi connectivity index (χ1v) is 9.16. The van der Waals surface area contributed by atoms with Gasteiger partial charge < -0.3 is 5.32 Å². The van der Waals surface area contributed by atoms with Crippen LogP contribution in [0.2, 0.25) is 5.02 Å². The van der Waals surface area contributed by atoms with Gasteiger partial charge in [-0.1, -0.05) is 17.7 Å². The lowest BCUT2D eigenvalue weighted by Crippen LogP contribution is -2.45. The van der Waals surface area contributed by atoms with E-state index in [2.05, 4.69) is 31.6 Å². The molecule has 0 aliphatic carbocycles. The Morgan fingerprint density at radius 2 is 1.86 bits per heavy atom. The van der Waals surface area contributed by atoms with Crippen molar-refractivity contribution in [3.8, 4) is 11.4 Å². The van der Waals surface area contributed by atoms with Gasteiger partial charge in [-0.15, -0.1) is 10.2 Å². The fourth-order valence-corrected chi connectivity index (χ4v) is 2.60. The predicted molar refractivity (Wildman–Crippen MR) is 112 cm³/mol. The van der Waals surface area contributed by atoms with Crippen molar-refractivity contribution in [2.45, 2.75) is 20.4 Å². The minimum absolute atomic E-state index is 0.111. The van der Waals surface area contributed by atoms with Gasteiger partial charge in [-0.25, -0.2) is 0 Å². The van der Waals surface area contributed by atoms with Crippen LogP contribution in [-0.4, -0.2) is 31.2 Å². The highest BCUT2D eigenvalue weighted by Crippen LogP contribution is 2.17. The summed E-state index contributed by atoms with van der Waals surface area (Å²) in [5.74, 6) is 0.0358. The number of nitrogens with zero attached hydrogens (tertiary/aromatic N) is 4. The number of anilines is 1. The zero-order valence-electron chi connectivity index (χ0n) is 15.2. The summed E-state index contributed by atoms with van der Waals surface area (Å²) in [7, 11) is 0. The molecule has 8 nitrogen and oxygen atoms in total.